The molecular weight excluding hydrogens is 555 g/mol. The lowest BCUT2D eigenvalue weighted by atomic mass is 10.0. The van der Waals surface area contributed by atoms with Crippen molar-refractivity contribution in [1.82, 2.24) is 24.3 Å². The number of hydrogen-bond donors (Lipinski definition) is 2. The molecule has 11 nitrogen and oxygen atoms in total. The van der Waals surface area contributed by atoms with Gasteiger partial charge in [0.2, 0.25) is 5.88 Å². The van der Waals surface area contributed by atoms with Crippen LogP contribution in [0.1, 0.15) is 11.1 Å². The number of halogens is 3. The molecule has 1 aliphatic rings. The number of ether oxygens (including phenoxy) is 2. The van der Waals surface area contributed by atoms with E-state index in [2.05, 4.69) is 30.2 Å². The summed E-state index contributed by atoms with van der Waals surface area (Å²) < 4.78 is 53.5. The molecule has 0 saturated carbocycles. The number of fused-ring (bicyclic) bond motifs is 1. The Morgan fingerprint density at radius 1 is 0.976 bits per heavy atom. The molecule has 1 fully saturated rings. The summed E-state index contributed by atoms with van der Waals surface area (Å²) in [5, 5.41) is 5.63. The van der Waals surface area contributed by atoms with E-state index in [1.165, 1.54) is 42.4 Å². The highest BCUT2D eigenvalue weighted by Gasteiger charge is 2.34. The van der Waals surface area contributed by atoms with Gasteiger partial charge < -0.3 is 19.7 Å². The van der Waals surface area contributed by atoms with Crippen LogP contribution < -0.4 is 15.4 Å². The van der Waals surface area contributed by atoms with Gasteiger partial charge >= 0.3 is 18.3 Å². The van der Waals surface area contributed by atoms with Gasteiger partial charge in [0.05, 0.1) is 18.2 Å². The number of methoxy groups -OCH3 is 1. The molecule has 0 atom stereocenters. The highest BCUT2D eigenvalue weighted by atomic mass is 19.4. The first-order valence-corrected chi connectivity index (χ1v) is 13.0. The van der Waals surface area contributed by atoms with Gasteiger partial charge in [0.1, 0.15) is 17.9 Å². The van der Waals surface area contributed by atoms with Crippen LogP contribution in [0.4, 0.5) is 34.3 Å². The molecule has 5 rings (SSSR count). The predicted molar refractivity (Wildman–Crippen MR) is 149 cm³/mol. The zero-order valence-electron chi connectivity index (χ0n) is 22.8. The van der Waals surface area contributed by atoms with Crippen molar-refractivity contribution in [2.75, 3.05) is 51.0 Å². The molecule has 0 unspecified atom stereocenters. The van der Waals surface area contributed by atoms with Crippen molar-refractivity contribution in [2.45, 2.75) is 12.7 Å². The average molecular weight is 584 g/mol. The second-order valence-corrected chi connectivity index (χ2v) is 9.75. The van der Waals surface area contributed by atoms with Crippen molar-refractivity contribution in [3.05, 3.63) is 72.2 Å². The number of aromatic nitrogens is 3. The van der Waals surface area contributed by atoms with Crippen molar-refractivity contribution >= 4 is 34.5 Å². The van der Waals surface area contributed by atoms with E-state index < -0.39 is 23.9 Å². The second-order valence-electron chi connectivity index (χ2n) is 9.75. The van der Waals surface area contributed by atoms with Crippen LogP contribution in [-0.2, 0) is 17.5 Å². The van der Waals surface area contributed by atoms with Crippen LogP contribution >= 0.6 is 0 Å². The van der Waals surface area contributed by atoms with Crippen LogP contribution in [0.2, 0.25) is 0 Å². The van der Waals surface area contributed by atoms with E-state index in [1.54, 1.807) is 24.3 Å². The smallest absolute Gasteiger partial charge is 0.416 e. The predicted octanol–water partition coefficient (Wildman–Crippen LogP) is 5.25. The van der Waals surface area contributed by atoms with E-state index in [1.807, 2.05) is 11.9 Å². The minimum atomic E-state index is -4.57. The Bertz CT molecular complexity index is 1600. The van der Waals surface area contributed by atoms with Gasteiger partial charge in [-0.25, -0.2) is 19.6 Å². The molecule has 2 N–H and O–H groups in total. The summed E-state index contributed by atoms with van der Waals surface area (Å²) in [5.74, 6) is 0.732. The largest absolute Gasteiger partial charge is 0.453 e. The van der Waals surface area contributed by atoms with Crippen molar-refractivity contribution < 1.29 is 32.2 Å². The number of amides is 2. The summed E-state index contributed by atoms with van der Waals surface area (Å²) in [7, 11) is 3.21. The maximum Gasteiger partial charge on any atom is 0.416 e. The molecule has 1 saturated heterocycles. The van der Waals surface area contributed by atoms with Crippen molar-refractivity contribution in [3.8, 4) is 11.6 Å². The summed E-state index contributed by atoms with van der Waals surface area (Å²) >= 11 is 0. The number of hydrogen-bond acceptors (Lipinski definition) is 8. The number of nitrogens with zero attached hydrogens (tertiary/aromatic N) is 5. The Kier molecular flexibility index (Phi) is 8.27. The molecule has 0 radical (unpaired) electrons. The number of benzene rings is 2. The first-order chi connectivity index (χ1) is 20.1. The van der Waals surface area contributed by atoms with E-state index in [4.69, 9.17) is 4.74 Å². The molecule has 0 spiro atoms. The number of likely N-dealkylation sites (N-methyl/N-ethyl adjacent to an activating group) is 1. The summed E-state index contributed by atoms with van der Waals surface area (Å²) in [4.78, 5) is 36.5. The summed E-state index contributed by atoms with van der Waals surface area (Å²) in [6.07, 6.45) is -2.54. The second kappa shape index (κ2) is 12.0. The van der Waals surface area contributed by atoms with Gasteiger partial charge in [0.15, 0.2) is 0 Å². The van der Waals surface area contributed by atoms with E-state index >= 15 is 0 Å². The monoisotopic (exact) mass is 583 g/mol. The number of nitrogens with one attached hydrogen (secondary N) is 2. The van der Waals surface area contributed by atoms with Gasteiger partial charge in [0, 0.05) is 56.1 Å². The topological polar surface area (TPSA) is 114 Å². The molecule has 220 valence electrons. The standard InChI is InChI=1S/C28H28F3N7O4/c1-36-9-11-37(12-10-36)16-19-3-4-20(14-22(19)28(29,30)31)34-26(39)38-8-7-18-13-21(5-6-23(18)38)42-25-15-24(32-17-33-25)35-27(40)41-2/h3-8,13-15,17H,9-12,16H2,1-2H3,(H,34,39)(H,32,33,35,40). The summed E-state index contributed by atoms with van der Waals surface area (Å²) in [6.45, 7) is 3.15. The molecule has 2 aromatic carbocycles. The van der Waals surface area contributed by atoms with Crippen molar-refractivity contribution in [2.24, 2.45) is 0 Å². The van der Waals surface area contributed by atoms with Gasteiger partial charge in [0.25, 0.3) is 0 Å². The molecule has 1 aliphatic heterocycles. The van der Waals surface area contributed by atoms with Crippen LogP contribution in [-0.4, -0.2) is 76.8 Å². The minimum Gasteiger partial charge on any atom is -0.453 e. The number of rotatable bonds is 6. The van der Waals surface area contributed by atoms with Crippen LogP contribution in [0.5, 0.6) is 11.6 Å². The Labute approximate surface area is 238 Å². The zero-order chi connectivity index (χ0) is 29.9. The minimum absolute atomic E-state index is 0.0383. The molecule has 0 aliphatic carbocycles. The van der Waals surface area contributed by atoms with Gasteiger partial charge in [-0.1, -0.05) is 6.07 Å². The SMILES string of the molecule is COC(=O)Nc1cc(Oc2ccc3c(ccn3C(=O)Nc3ccc(CN4CCN(C)CC4)c(C(F)(F)F)c3)c2)ncn1. The number of alkyl halides is 3. The fraction of sp³-hybridized carbons (Fsp3) is 0.286. The first kappa shape index (κ1) is 28.8. The Balaban J connectivity index is 1.30. The maximum absolute atomic E-state index is 14.0. The lowest BCUT2D eigenvalue weighted by molar-refractivity contribution is -0.138. The average Bonchev–Trinajstić information content (AvgIpc) is 3.38. The van der Waals surface area contributed by atoms with Gasteiger partial charge in [-0.05, 0) is 49.0 Å². The lowest BCUT2D eigenvalue weighted by Gasteiger charge is -2.33. The normalized spacial score (nSPS) is 14.5. The van der Waals surface area contributed by atoms with E-state index in [-0.39, 0.29) is 29.5 Å². The number of piperazine rings is 1. The fourth-order valence-corrected chi connectivity index (χ4v) is 4.59. The molecule has 14 heteroatoms. The highest BCUT2D eigenvalue weighted by Crippen LogP contribution is 2.35. The van der Waals surface area contributed by atoms with E-state index in [9.17, 15) is 22.8 Å². The van der Waals surface area contributed by atoms with Crippen LogP contribution in [0.3, 0.4) is 0 Å². The van der Waals surface area contributed by atoms with Crippen LogP contribution in [0, 0.1) is 0 Å². The van der Waals surface area contributed by atoms with E-state index in [0.717, 1.165) is 19.2 Å². The maximum atomic E-state index is 14.0. The Morgan fingerprint density at radius 2 is 1.76 bits per heavy atom. The van der Waals surface area contributed by atoms with E-state index in [0.29, 0.717) is 29.7 Å². The van der Waals surface area contributed by atoms with Gasteiger partial charge in [-0.3, -0.25) is 14.8 Å². The molecule has 2 aromatic heterocycles. The molecule has 42 heavy (non-hydrogen) atoms. The van der Waals surface area contributed by atoms with Crippen LogP contribution in [0.25, 0.3) is 10.9 Å². The number of anilines is 2. The third kappa shape index (κ3) is 6.78. The lowest BCUT2D eigenvalue weighted by Crippen LogP contribution is -2.44. The fourth-order valence-electron chi connectivity index (χ4n) is 4.59. The highest BCUT2D eigenvalue weighted by molar-refractivity contribution is 5.98. The van der Waals surface area contributed by atoms with Crippen molar-refractivity contribution in [1.29, 1.82) is 0 Å². The molecule has 2 amide bonds. The number of carbonyl (C=O) groups is 2. The molecule has 3 heterocycles. The third-order valence-corrected chi connectivity index (χ3v) is 6.82. The van der Waals surface area contributed by atoms with Gasteiger partial charge in [-0.2, -0.15) is 13.2 Å². The number of carbonyl (C=O) groups excluding carboxylic acids is 2. The Hall–Kier alpha value is -4.69. The van der Waals surface area contributed by atoms with Gasteiger partial charge in [-0.15, -0.1) is 0 Å². The summed E-state index contributed by atoms with van der Waals surface area (Å²) in [5.41, 5.74) is -0.0522. The first-order valence-electron chi connectivity index (χ1n) is 13.0. The third-order valence-electron chi connectivity index (χ3n) is 6.82. The molecular formula is C28H28F3N7O4. The zero-order valence-corrected chi connectivity index (χ0v) is 22.8. The molecule has 4 aromatic rings. The molecule has 0 bridgehead atoms. The quantitative estimate of drug-likeness (QED) is 0.317. The van der Waals surface area contributed by atoms with Crippen LogP contribution in [0.15, 0.2) is 61.1 Å². The summed E-state index contributed by atoms with van der Waals surface area (Å²) in [6, 6.07) is 11.3. The van der Waals surface area contributed by atoms with Crippen molar-refractivity contribution in [3.63, 3.8) is 0 Å². The Morgan fingerprint density at radius 3 is 2.50 bits per heavy atom.